The molecule has 0 spiro atoms. The van der Waals surface area contributed by atoms with Crippen LogP contribution in [0.2, 0.25) is 10.0 Å². The average Bonchev–Trinajstić information content (AvgIpc) is 3.42. The van der Waals surface area contributed by atoms with Crippen LogP contribution in [0.25, 0.3) is 27.9 Å². The lowest BCUT2D eigenvalue weighted by Gasteiger charge is -2.21. The quantitative estimate of drug-likeness (QED) is 0.202. The Balaban J connectivity index is 1.23. The minimum Gasteiger partial charge on any atom is -0.487 e. The number of fused-ring (bicyclic) bond motifs is 2. The molecule has 0 fully saturated rings. The number of rotatable bonds is 8. The lowest BCUT2D eigenvalue weighted by molar-refractivity contribution is -0.122. The van der Waals surface area contributed by atoms with Crippen LogP contribution in [0.1, 0.15) is 16.8 Å². The molecule has 202 valence electrons. The fourth-order valence-electron chi connectivity index (χ4n) is 4.28. The lowest BCUT2D eigenvalue weighted by Crippen LogP contribution is -2.37. The Kier molecular flexibility index (Phi) is 8.05. The molecule has 9 heteroatoms. The zero-order chi connectivity index (χ0) is 28.2. The SMILES string of the molecule is Cc1ccc2cccc(OCc3c(Cl)ccc(N(C)C(=O)CNC(=O)/C=C/c4ccc5[nH]ccc5c4)c3Cl)c2n1. The molecule has 0 atom stereocenters. The number of nitrogens with one attached hydrogen (secondary N) is 2. The summed E-state index contributed by atoms with van der Waals surface area (Å²) < 4.78 is 6.08. The summed E-state index contributed by atoms with van der Waals surface area (Å²) >= 11 is 13.2. The van der Waals surface area contributed by atoms with Crippen molar-refractivity contribution in [3.05, 3.63) is 106 Å². The van der Waals surface area contributed by atoms with Gasteiger partial charge in [-0.15, -0.1) is 0 Å². The average molecular weight is 573 g/mol. The van der Waals surface area contributed by atoms with E-state index < -0.39 is 0 Å². The number of likely N-dealkylation sites (N-methyl/N-ethyl adjacent to an activating group) is 1. The molecule has 0 radical (unpaired) electrons. The Labute approximate surface area is 241 Å². The van der Waals surface area contributed by atoms with E-state index in [9.17, 15) is 9.59 Å². The van der Waals surface area contributed by atoms with E-state index in [4.69, 9.17) is 27.9 Å². The third-order valence-corrected chi connectivity index (χ3v) is 7.29. The lowest BCUT2D eigenvalue weighted by atomic mass is 10.1. The van der Waals surface area contributed by atoms with Gasteiger partial charge in [-0.1, -0.05) is 47.5 Å². The molecule has 0 saturated heterocycles. The number of amides is 2. The van der Waals surface area contributed by atoms with Crippen molar-refractivity contribution in [1.82, 2.24) is 15.3 Å². The molecular formula is C31H26Cl2N4O3. The van der Waals surface area contributed by atoms with E-state index in [1.165, 1.54) is 11.0 Å². The van der Waals surface area contributed by atoms with E-state index in [1.54, 1.807) is 25.3 Å². The molecule has 2 aromatic heterocycles. The molecule has 0 bridgehead atoms. The molecule has 40 heavy (non-hydrogen) atoms. The van der Waals surface area contributed by atoms with Gasteiger partial charge in [0.2, 0.25) is 11.8 Å². The Morgan fingerprint density at radius 1 is 1.05 bits per heavy atom. The predicted octanol–water partition coefficient (Wildman–Crippen LogP) is 6.70. The highest BCUT2D eigenvalue weighted by molar-refractivity contribution is 6.38. The molecule has 7 nitrogen and oxygen atoms in total. The standard InChI is InChI=1S/C31H26Cl2N4O3/c1-19-6-9-21-4-3-5-27(31(21)36-19)40-18-23-24(32)10-12-26(30(23)33)37(2)29(39)17-35-28(38)13-8-20-7-11-25-22(16-20)14-15-34-25/h3-16,34H,17-18H2,1-2H3,(H,35,38)/b13-8+. The van der Waals surface area contributed by atoms with Crippen LogP contribution < -0.4 is 15.0 Å². The van der Waals surface area contributed by atoms with Crippen LogP contribution in [-0.4, -0.2) is 35.4 Å². The van der Waals surface area contributed by atoms with E-state index in [2.05, 4.69) is 15.3 Å². The van der Waals surface area contributed by atoms with Gasteiger partial charge in [-0.2, -0.15) is 0 Å². The number of aromatic nitrogens is 2. The van der Waals surface area contributed by atoms with Crippen LogP contribution in [0.15, 0.2) is 79.0 Å². The van der Waals surface area contributed by atoms with Gasteiger partial charge in [0.1, 0.15) is 17.9 Å². The number of carbonyl (C=O) groups is 2. The monoisotopic (exact) mass is 572 g/mol. The summed E-state index contributed by atoms with van der Waals surface area (Å²) in [5, 5.41) is 5.33. The number of aromatic amines is 1. The number of nitrogens with zero attached hydrogens (tertiary/aromatic N) is 2. The van der Waals surface area contributed by atoms with E-state index in [0.29, 0.717) is 27.0 Å². The summed E-state index contributed by atoms with van der Waals surface area (Å²) in [6.07, 6.45) is 4.96. The van der Waals surface area contributed by atoms with Gasteiger partial charge in [0.25, 0.3) is 0 Å². The minimum atomic E-state index is -0.383. The first-order valence-corrected chi connectivity index (χ1v) is 13.3. The van der Waals surface area contributed by atoms with Gasteiger partial charge in [-0.25, -0.2) is 4.98 Å². The Morgan fingerprint density at radius 3 is 2.75 bits per heavy atom. The number of hydrogen-bond donors (Lipinski definition) is 2. The third kappa shape index (κ3) is 5.96. The molecule has 5 rings (SSSR count). The van der Waals surface area contributed by atoms with Gasteiger partial charge >= 0.3 is 0 Å². The van der Waals surface area contributed by atoms with Crippen molar-refractivity contribution in [3.8, 4) is 5.75 Å². The smallest absolute Gasteiger partial charge is 0.246 e. The highest BCUT2D eigenvalue weighted by Gasteiger charge is 2.19. The molecule has 0 saturated carbocycles. The van der Waals surface area contributed by atoms with Crippen LogP contribution in [0, 0.1) is 6.92 Å². The van der Waals surface area contributed by atoms with E-state index in [-0.39, 0.29) is 25.0 Å². The van der Waals surface area contributed by atoms with Gasteiger partial charge in [0.15, 0.2) is 0 Å². The van der Waals surface area contributed by atoms with Gasteiger partial charge in [-0.05, 0) is 66.4 Å². The Bertz CT molecular complexity index is 1760. The number of pyridine rings is 1. The van der Waals surface area contributed by atoms with Crippen LogP contribution in [0.4, 0.5) is 5.69 Å². The molecule has 2 N–H and O–H groups in total. The van der Waals surface area contributed by atoms with Gasteiger partial charge in [0, 0.05) is 46.5 Å². The first kappa shape index (κ1) is 27.2. The van der Waals surface area contributed by atoms with E-state index >= 15 is 0 Å². The maximum Gasteiger partial charge on any atom is 0.246 e. The van der Waals surface area contributed by atoms with Crippen LogP contribution in [0.5, 0.6) is 5.75 Å². The zero-order valence-electron chi connectivity index (χ0n) is 21.9. The summed E-state index contributed by atoms with van der Waals surface area (Å²) in [6, 6.07) is 20.7. The zero-order valence-corrected chi connectivity index (χ0v) is 23.4. The minimum absolute atomic E-state index is 0.0817. The molecule has 2 heterocycles. The predicted molar refractivity (Wildman–Crippen MR) is 161 cm³/mol. The van der Waals surface area contributed by atoms with Crippen molar-refractivity contribution in [2.24, 2.45) is 0 Å². The van der Waals surface area contributed by atoms with Gasteiger partial charge in [-0.3, -0.25) is 9.59 Å². The number of ether oxygens (including phenoxy) is 1. The number of anilines is 1. The fourth-order valence-corrected chi connectivity index (χ4v) is 4.89. The molecule has 0 aliphatic rings. The Morgan fingerprint density at radius 2 is 1.90 bits per heavy atom. The van der Waals surface area contributed by atoms with Gasteiger partial charge in [0.05, 0.1) is 17.3 Å². The van der Waals surface area contributed by atoms with E-state index in [1.807, 2.05) is 67.7 Å². The molecule has 3 aromatic carbocycles. The second kappa shape index (κ2) is 11.8. The molecule has 0 aliphatic carbocycles. The van der Waals surface area contributed by atoms with Gasteiger partial charge < -0.3 is 19.9 Å². The first-order chi connectivity index (χ1) is 19.3. The summed E-state index contributed by atoms with van der Waals surface area (Å²) in [4.78, 5) is 34.4. The molecule has 0 unspecified atom stereocenters. The van der Waals surface area contributed by atoms with Crippen molar-refractivity contribution in [1.29, 1.82) is 0 Å². The topological polar surface area (TPSA) is 87.3 Å². The highest BCUT2D eigenvalue weighted by Crippen LogP contribution is 2.35. The summed E-state index contributed by atoms with van der Waals surface area (Å²) in [6.45, 7) is 1.80. The highest BCUT2D eigenvalue weighted by atomic mass is 35.5. The maximum atomic E-state index is 12.9. The molecular weight excluding hydrogens is 547 g/mol. The Hall–Kier alpha value is -4.33. The number of hydrogen-bond acceptors (Lipinski definition) is 4. The normalized spacial score (nSPS) is 11.3. The maximum absolute atomic E-state index is 12.9. The molecule has 5 aromatic rings. The van der Waals surface area contributed by atoms with Crippen LogP contribution >= 0.6 is 23.2 Å². The van der Waals surface area contributed by atoms with Crippen molar-refractivity contribution in [2.45, 2.75) is 13.5 Å². The van der Waals surface area contributed by atoms with Crippen LogP contribution in [-0.2, 0) is 16.2 Å². The van der Waals surface area contributed by atoms with Crippen molar-refractivity contribution < 1.29 is 14.3 Å². The fraction of sp³-hybridized carbons (Fsp3) is 0.129. The van der Waals surface area contributed by atoms with E-state index in [0.717, 1.165) is 33.1 Å². The largest absolute Gasteiger partial charge is 0.487 e. The molecule has 0 aliphatic heterocycles. The summed E-state index contributed by atoms with van der Waals surface area (Å²) in [5.74, 6) is -0.126. The summed E-state index contributed by atoms with van der Waals surface area (Å²) in [7, 11) is 1.59. The number of aryl methyl sites for hydroxylation is 1. The second-order valence-corrected chi connectivity index (χ2v) is 10.0. The van der Waals surface area contributed by atoms with Crippen molar-refractivity contribution in [3.63, 3.8) is 0 Å². The second-order valence-electron chi connectivity index (χ2n) is 9.26. The number of carbonyl (C=O) groups excluding carboxylic acids is 2. The molecule has 2 amide bonds. The van der Waals surface area contributed by atoms with Crippen molar-refractivity contribution >= 4 is 68.6 Å². The number of halogens is 2. The number of benzene rings is 3. The number of para-hydroxylation sites is 1. The third-order valence-electron chi connectivity index (χ3n) is 6.51. The van der Waals surface area contributed by atoms with Crippen LogP contribution in [0.3, 0.4) is 0 Å². The summed E-state index contributed by atoms with van der Waals surface area (Å²) in [5.41, 5.74) is 4.51. The number of H-pyrrole nitrogens is 1. The van der Waals surface area contributed by atoms with Crippen molar-refractivity contribution in [2.75, 3.05) is 18.5 Å². The first-order valence-electron chi connectivity index (χ1n) is 12.6.